The molecule has 3 aromatic rings. The van der Waals surface area contributed by atoms with Gasteiger partial charge in [0.05, 0.1) is 5.52 Å². The average molecular weight is 362 g/mol. The zero-order valence-corrected chi connectivity index (χ0v) is 15.1. The molecule has 2 amide bonds. The fourth-order valence-electron chi connectivity index (χ4n) is 3.47. The number of imidazole rings is 1. The minimum absolute atomic E-state index is 0.0977. The second-order valence-electron chi connectivity index (χ2n) is 6.73. The van der Waals surface area contributed by atoms with E-state index in [2.05, 4.69) is 10.3 Å². The summed E-state index contributed by atoms with van der Waals surface area (Å²) in [6.45, 7) is 2.02. The van der Waals surface area contributed by atoms with E-state index in [1.165, 1.54) is 0 Å². The molecule has 27 heavy (non-hydrogen) atoms. The molecule has 0 radical (unpaired) electrons. The maximum absolute atomic E-state index is 12.8. The fourth-order valence-corrected chi connectivity index (χ4v) is 3.47. The molecule has 1 aliphatic rings. The Morgan fingerprint density at radius 3 is 2.52 bits per heavy atom. The van der Waals surface area contributed by atoms with Gasteiger partial charge in [0.25, 0.3) is 11.8 Å². The molecule has 6 heteroatoms. The van der Waals surface area contributed by atoms with Crippen LogP contribution in [0, 0.1) is 0 Å². The number of benzene rings is 1. The van der Waals surface area contributed by atoms with Gasteiger partial charge < -0.3 is 10.2 Å². The van der Waals surface area contributed by atoms with Crippen LogP contribution in [-0.2, 0) is 6.42 Å². The number of fused-ring (bicyclic) bond motifs is 1. The van der Waals surface area contributed by atoms with Crippen LogP contribution in [0.25, 0.3) is 5.52 Å². The first-order valence-corrected chi connectivity index (χ1v) is 9.32. The Balaban J connectivity index is 1.54. The molecule has 0 bridgehead atoms. The maximum Gasteiger partial charge on any atom is 0.287 e. The molecule has 1 aromatic carbocycles. The summed E-state index contributed by atoms with van der Waals surface area (Å²) in [5.41, 5.74) is 2.18. The summed E-state index contributed by atoms with van der Waals surface area (Å²) in [6.07, 6.45) is 4.55. The summed E-state index contributed by atoms with van der Waals surface area (Å²) >= 11 is 0. The molecule has 1 N–H and O–H groups in total. The lowest BCUT2D eigenvalue weighted by Crippen LogP contribution is -2.29. The Morgan fingerprint density at radius 1 is 1.00 bits per heavy atom. The normalized spacial score (nSPS) is 13.9. The predicted octanol–water partition coefficient (Wildman–Crippen LogP) is 2.54. The van der Waals surface area contributed by atoms with Crippen molar-refractivity contribution < 1.29 is 9.59 Å². The third-order valence-electron chi connectivity index (χ3n) is 4.89. The lowest BCUT2D eigenvalue weighted by Gasteiger charge is -2.13. The van der Waals surface area contributed by atoms with Crippen LogP contribution in [0.3, 0.4) is 0 Å². The standard InChI is InChI=1S/C21H22N4O2/c26-20(22-12-11-16-8-2-1-3-9-16)19-23-18(17-10-4-5-15-25(17)19)21(27)24-13-6-7-14-24/h1-5,8-10,15H,6-7,11-14H2,(H,22,26). The predicted molar refractivity (Wildman–Crippen MR) is 103 cm³/mol. The van der Waals surface area contributed by atoms with Crippen molar-refractivity contribution in [2.45, 2.75) is 19.3 Å². The molecular weight excluding hydrogens is 340 g/mol. The van der Waals surface area contributed by atoms with Crippen LogP contribution >= 0.6 is 0 Å². The second kappa shape index (κ2) is 7.61. The van der Waals surface area contributed by atoms with E-state index in [9.17, 15) is 9.59 Å². The quantitative estimate of drug-likeness (QED) is 0.758. The monoisotopic (exact) mass is 362 g/mol. The Hall–Kier alpha value is -3.15. The first kappa shape index (κ1) is 17.3. The zero-order chi connectivity index (χ0) is 18.6. The molecule has 0 saturated carbocycles. The minimum atomic E-state index is -0.271. The van der Waals surface area contributed by atoms with Crippen LogP contribution in [0.15, 0.2) is 54.7 Å². The van der Waals surface area contributed by atoms with E-state index in [0.717, 1.165) is 37.9 Å². The van der Waals surface area contributed by atoms with E-state index in [1.807, 2.05) is 53.4 Å². The number of hydrogen-bond donors (Lipinski definition) is 1. The van der Waals surface area contributed by atoms with Crippen LogP contribution < -0.4 is 5.32 Å². The van der Waals surface area contributed by atoms with Crippen molar-refractivity contribution in [3.8, 4) is 0 Å². The molecule has 0 aliphatic carbocycles. The van der Waals surface area contributed by atoms with Gasteiger partial charge in [-0.05, 0) is 37.0 Å². The zero-order valence-electron chi connectivity index (χ0n) is 15.1. The van der Waals surface area contributed by atoms with Gasteiger partial charge in [-0.3, -0.25) is 14.0 Å². The maximum atomic E-state index is 12.8. The van der Waals surface area contributed by atoms with Gasteiger partial charge in [-0.25, -0.2) is 4.98 Å². The Morgan fingerprint density at radius 2 is 1.74 bits per heavy atom. The van der Waals surface area contributed by atoms with Gasteiger partial charge in [0.2, 0.25) is 5.82 Å². The third-order valence-corrected chi connectivity index (χ3v) is 4.89. The van der Waals surface area contributed by atoms with Crippen LogP contribution in [0.4, 0.5) is 0 Å². The van der Waals surface area contributed by atoms with Crippen LogP contribution in [-0.4, -0.2) is 45.7 Å². The molecule has 3 heterocycles. The molecule has 1 fully saturated rings. The van der Waals surface area contributed by atoms with Crippen LogP contribution in [0.1, 0.15) is 39.5 Å². The van der Waals surface area contributed by atoms with Crippen molar-refractivity contribution in [2.24, 2.45) is 0 Å². The Kier molecular flexibility index (Phi) is 4.87. The summed E-state index contributed by atoms with van der Waals surface area (Å²) in [7, 11) is 0. The SMILES string of the molecule is O=C(NCCc1ccccc1)c1nc(C(=O)N2CCCC2)c2ccccn12. The van der Waals surface area contributed by atoms with Crippen LogP contribution in [0.5, 0.6) is 0 Å². The van der Waals surface area contributed by atoms with Crippen molar-refractivity contribution in [3.05, 3.63) is 71.8 Å². The fraction of sp³-hybridized carbons (Fsp3) is 0.286. The molecular formula is C21H22N4O2. The number of likely N-dealkylation sites (tertiary alicyclic amines) is 1. The smallest absolute Gasteiger partial charge is 0.287 e. The van der Waals surface area contributed by atoms with Gasteiger partial charge in [-0.15, -0.1) is 0 Å². The molecule has 0 spiro atoms. The number of carbonyl (C=O) groups is 2. The minimum Gasteiger partial charge on any atom is -0.349 e. The number of hydrogen-bond acceptors (Lipinski definition) is 3. The molecule has 6 nitrogen and oxygen atoms in total. The van der Waals surface area contributed by atoms with E-state index < -0.39 is 0 Å². The van der Waals surface area contributed by atoms with Crippen molar-refractivity contribution in [3.63, 3.8) is 0 Å². The highest BCUT2D eigenvalue weighted by Gasteiger charge is 2.26. The van der Waals surface area contributed by atoms with Crippen molar-refractivity contribution in [2.75, 3.05) is 19.6 Å². The first-order chi connectivity index (χ1) is 13.2. The second-order valence-corrected chi connectivity index (χ2v) is 6.73. The van der Waals surface area contributed by atoms with E-state index in [4.69, 9.17) is 0 Å². The van der Waals surface area contributed by atoms with Gasteiger partial charge in [0, 0.05) is 25.8 Å². The topological polar surface area (TPSA) is 66.7 Å². The highest BCUT2D eigenvalue weighted by molar-refractivity contribution is 6.02. The number of nitrogens with zero attached hydrogens (tertiary/aromatic N) is 3. The van der Waals surface area contributed by atoms with E-state index in [1.54, 1.807) is 10.6 Å². The van der Waals surface area contributed by atoms with Gasteiger partial charge >= 0.3 is 0 Å². The van der Waals surface area contributed by atoms with Crippen molar-refractivity contribution >= 4 is 17.3 Å². The number of amides is 2. The number of pyridine rings is 1. The summed E-state index contributed by atoms with van der Waals surface area (Å²) in [5.74, 6) is -0.117. The van der Waals surface area contributed by atoms with E-state index >= 15 is 0 Å². The van der Waals surface area contributed by atoms with Gasteiger partial charge in [-0.1, -0.05) is 36.4 Å². The third kappa shape index (κ3) is 3.56. The van der Waals surface area contributed by atoms with Crippen molar-refractivity contribution in [1.29, 1.82) is 0 Å². The van der Waals surface area contributed by atoms with Crippen molar-refractivity contribution in [1.82, 2.24) is 19.6 Å². The highest BCUT2D eigenvalue weighted by Crippen LogP contribution is 2.18. The summed E-state index contributed by atoms with van der Waals surface area (Å²) in [6, 6.07) is 15.5. The van der Waals surface area contributed by atoms with Gasteiger partial charge in [-0.2, -0.15) is 0 Å². The average Bonchev–Trinajstić information content (AvgIpc) is 3.37. The van der Waals surface area contributed by atoms with Gasteiger partial charge in [0.15, 0.2) is 5.69 Å². The van der Waals surface area contributed by atoms with Gasteiger partial charge in [0.1, 0.15) is 0 Å². The number of rotatable bonds is 5. The highest BCUT2D eigenvalue weighted by atomic mass is 16.2. The summed E-state index contributed by atoms with van der Waals surface area (Å²) in [4.78, 5) is 31.7. The summed E-state index contributed by atoms with van der Waals surface area (Å²) in [5, 5.41) is 2.91. The number of carbonyl (C=O) groups excluding carboxylic acids is 2. The van der Waals surface area contributed by atoms with E-state index in [0.29, 0.717) is 17.8 Å². The molecule has 1 saturated heterocycles. The lowest BCUT2D eigenvalue weighted by atomic mass is 10.1. The molecule has 0 unspecified atom stereocenters. The first-order valence-electron chi connectivity index (χ1n) is 9.32. The number of aromatic nitrogens is 2. The van der Waals surface area contributed by atoms with E-state index in [-0.39, 0.29) is 17.6 Å². The summed E-state index contributed by atoms with van der Waals surface area (Å²) < 4.78 is 1.70. The largest absolute Gasteiger partial charge is 0.349 e. The van der Waals surface area contributed by atoms with Crippen LogP contribution in [0.2, 0.25) is 0 Å². The molecule has 0 atom stereocenters. The lowest BCUT2D eigenvalue weighted by molar-refractivity contribution is 0.0789. The molecule has 4 rings (SSSR count). The Labute approximate surface area is 157 Å². The number of nitrogens with one attached hydrogen (secondary N) is 1. The molecule has 138 valence electrons. The Bertz CT molecular complexity index is 959. The molecule has 2 aromatic heterocycles. The molecule has 1 aliphatic heterocycles.